The number of carboxylic acids is 1. The van der Waals surface area contributed by atoms with Gasteiger partial charge < -0.3 is 10.2 Å². The molecular weight excluding hydrogens is 142 g/mol. The summed E-state index contributed by atoms with van der Waals surface area (Å²) in [6.07, 6.45) is 0. The smallest absolute Gasteiger partial charge is 0.347 e. The van der Waals surface area contributed by atoms with Crippen molar-refractivity contribution in [2.75, 3.05) is 0 Å². The molecule has 4 nitrogen and oxygen atoms in total. The lowest BCUT2D eigenvalue weighted by atomic mass is 10.5. The van der Waals surface area contributed by atoms with E-state index in [4.69, 9.17) is 10.2 Å². The van der Waals surface area contributed by atoms with Gasteiger partial charge in [-0.05, 0) is 11.5 Å². The van der Waals surface area contributed by atoms with Gasteiger partial charge in [0.1, 0.15) is 4.88 Å². The summed E-state index contributed by atoms with van der Waals surface area (Å²) in [5, 5.41) is 16.8. The molecule has 1 aromatic heterocycles. The van der Waals surface area contributed by atoms with Gasteiger partial charge in [0.25, 0.3) is 0 Å². The third-order valence-corrected chi connectivity index (χ3v) is 1.48. The van der Waals surface area contributed by atoms with Crippen molar-refractivity contribution < 1.29 is 15.0 Å². The van der Waals surface area contributed by atoms with Gasteiger partial charge in [0, 0.05) is 6.07 Å². The Kier molecular flexibility index (Phi) is 1.35. The summed E-state index contributed by atoms with van der Waals surface area (Å²) in [5.41, 5.74) is 0. The molecule has 0 spiro atoms. The van der Waals surface area contributed by atoms with Crippen molar-refractivity contribution in [2.24, 2.45) is 0 Å². The molecule has 0 radical (unpaired) electrons. The van der Waals surface area contributed by atoms with Crippen LogP contribution in [0.3, 0.4) is 0 Å². The molecule has 0 aliphatic rings. The Labute approximate surface area is 54.5 Å². The predicted molar refractivity (Wildman–Crippen MR) is 30.7 cm³/mol. The van der Waals surface area contributed by atoms with E-state index < -0.39 is 5.97 Å². The molecule has 0 saturated heterocycles. The number of aromatic nitrogens is 1. The third kappa shape index (κ3) is 1.17. The van der Waals surface area contributed by atoms with Crippen molar-refractivity contribution in [1.29, 1.82) is 0 Å². The van der Waals surface area contributed by atoms with E-state index in [0.29, 0.717) is 0 Å². The number of rotatable bonds is 1. The molecule has 0 unspecified atom stereocenters. The van der Waals surface area contributed by atoms with Crippen LogP contribution >= 0.6 is 11.5 Å². The Hall–Kier alpha value is -1.10. The lowest BCUT2D eigenvalue weighted by Gasteiger charge is -1.77. The van der Waals surface area contributed by atoms with Gasteiger partial charge in [-0.1, -0.05) is 0 Å². The Bertz CT molecular complexity index is 231. The molecule has 48 valence electrons. The van der Waals surface area contributed by atoms with E-state index in [1.807, 2.05) is 0 Å². The summed E-state index contributed by atoms with van der Waals surface area (Å²) in [5.74, 6) is -1.30. The Balaban J connectivity index is 2.98. The Morgan fingerprint density at radius 3 is 2.67 bits per heavy atom. The van der Waals surface area contributed by atoms with Gasteiger partial charge in [0.05, 0.1) is 0 Å². The fourth-order valence-electron chi connectivity index (χ4n) is 0.367. The molecule has 0 aromatic carbocycles. The van der Waals surface area contributed by atoms with Crippen LogP contribution < -0.4 is 0 Å². The number of carbonyl (C=O) groups is 1. The molecule has 0 amide bonds. The van der Waals surface area contributed by atoms with E-state index in [0.717, 1.165) is 17.6 Å². The third-order valence-electron chi connectivity index (χ3n) is 0.709. The highest BCUT2D eigenvalue weighted by Crippen LogP contribution is 2.13. The quantitative estimate of drug-likeness (QED) is 0.605. The van der Waals surface area contributed by atoms with Gasteiger partial charge in [0.15, 0.2) is 0 Å². The van der Waals surface area contributed by atoms with E-state index in [1.165, 1.54) is 0 Å². The lowest BCUT2D eigenvalue weighted by Crippen LogP contribution is -1.89. The van der Waals surface area contributed by atoms with E-state index in [1.54, 1.807) is 0 Å². The average Bonchev–Trinajstić information content (AvgIpc) is 2.14. The van der Waals surface area contributed by atoms with Gasteiger partial charge in [-0.25, -0.2) is 4.79 Å². The van der Waals surface area contributed by atoms with Crippen molar-refractivity contribution in [2.45, 2.75) is 0 Å². The van der Waals surface area contributed by atoms with Crippen molar-refractivity contribution in [1.82, 2.24) is 4.37 Å². The predicted octanol–water partition coefficient (Wildman–Crippen LogP) is 0.547. The maximum absolute atomic E-state index is 10.1. The first kappa shape index (κ1) is 6.03. The van der Waals surface area contributed by atoms with Crippen molar-refractivity contribution in [3.05, 3.63) is 10.9 Å². The minimum Gasteiger partial charge on any atom is -0.493 e. The highest BCUT2D eigenvalue weighted by molar-refractivity contribution is 7.08. The van der Waals surface area contributed by atoms with Crippen LogP contribution in [-0.2, 0) is 0 Å². The summed E-state index contributed by atoms with van der Waals surface area (Å²) in [6.45, 7) is 0. The van der Waals surface area contributed by atoms with Crippen LogP contribution in [0.25, 0.3) is 0 Å². The normalized spacial score (nSPS) is 9.33. The van der Waals surface area contributed by atoms with Crippen LogP contribution in [0.15, 0.2) is 6.07 Å². The molecule has 0 aliphatic carbocycles. The van der Waals surface area contributed by atoms with Gasteiger partial charge in [-0.15, -0.1) is 0 Å². The highest BCUT2D eigenvalue weighted by Gasteiger charge is 2.06. The molecular formula is C4H3NO3S. The van der Waals surface area contributed by atoms with Crippen molar-refractivity contribution >= 4 is 17.5 Å². The van der Waals surface area contributed by atoms with E-state index in [9.17, 15) is 4.79 Å². The number of aromatic hydroxyl groups is 1. The standard InChI is InChI=1S/C4H3NO3S/c6-3-1-2(4(7)8)9-5-3/h1H,(H,5,6)(H,7,8). The topological polar surface area (TPSA) is 70.4 Å². The van der Waals surface area contributed by atoms with E-state index in [2.05, 4.69) is 4.37 Å². The molecule has 2 N–H and O–H groups in total. The molecule has 0 saturated carbocycles. The summed E-state index contributed by atoms with van der Waals surface area (Å²) in [7, 11) is 0. The van der Waals surface area contributed by atoms with Gasteiger partial charge in [0.2, 0.25) is 5.88 Å². The molecule has 5 heteroatoms. The second-order valence-electron chi connectivity index (χ2n) is 1.35. The fraction of sp³-hybridized carbons (Fsp3) is 0. The number of hydrogen-bond acceptors (Lipinski definition) is 4. The minimum atomic E-state index is -1.06. The largest absolute Gasteiger partial charge is 0.493 e. The second kappa shape index (κ2) is 2.02. The second-order valence-corrected chi connectivity index (χ2v) is 2.16. The van der Waals surface area contributed by atoms with Crippen LogP contribution in [0.5, 0.6) is 5.88 Å². The van der Waals surface area contributed by atoms with E-state index >= 15 is 0 Å². The zero-order valence-corrected chi connectivity index (χ0v) is 5.05. The van der Waals surface area contributed by atoms with Gasteiger partial charge in [-0.3, -0.25) is 0 Å². The van der Waals surface area contributed by atoms with Gasteiger partial charge >= 0.3 is 5.97 Å². The summed E-state index contributed by atoms with van der Waals surface area (Å²) in [6, 6.07) is 1.10. The highest BCUT2D eigenvalue weighted by atomic mass is 32.1. The number of aromatic carboxylic acids is 1. The first-order chi connectivity index (χ1) is 4.20. The van der Waals surface area contributed by atoms with Gasteiger partial charge in [-0.2, -0.15) is 4.37 Å². The number of hydrogen-bond donors (Lipinski definition) is 2. The maximum atomic E-state index is 10.1. The zero-order valence-electron chi connectivity index (χ0n) is 4.24. The summed E-state index contributed by atoms with van der Waals surface area (Å²) >= 11 is 0.758. The first-order valence-corrected chi connectivity index (χ1v) is 2.86. The summed E-state index contributed by atoms with van der Waals surface area (Å²) < 4.78 is 3.35. The fourth-order valence-corrected chi connectivity index (χ4v) is 0.847. The first-order valence-electron chi connectivity index (χ1n) is 2.09. The van der Waals surface area contributed by atoms with Crippen molar-refractivity contribution in [3.8, 4) is 5.88 Å². The average molecular weight is 145 g/mol. The van der Waals surface area contributed by atoms with Crippen LogP contribution in [0, 0.1) is 0 Å². The lowest BCUT2D eigenvalue weighted by molar-refractivity contribution is 0.0702. The van der Waals surface area contributed by atoms with Crippen LogP contribution in [-0.4, -0.2) is 20.6 Å². The van der Waals surface area contributed by atoms with Crippen LogP contribution in [0.4, 0.5) is 0 Å². The maximum Gasteiger partial charge on any atom is 0.347 e. The zero-order chi connectivity index (χ0) is 6.85. The molecule has 0 bridgehead atoms. The SMILES string of the molecule is O=C(O)c1cc(O)ns1. The molecule has 0 atom stereocenters. The number of nitrogens with zero attached hydrogens (tertiary/aromatic N) is 1. The molecule has 0 aliphatic heterocycles. The number of carboxylic acid groups (broad SMARTS) is 1. The van der Waals surface area contributed by atoms with Crippen LogP contribution in [0.1, 0.15) is 9.67 Å². The summed E-state index contributed by atoms with van der Waals surface area (Å²) in [4.78, 5) is 10.1. The Morgan fingerprint density at radius 2 is 2.44 bits per heavy atom. The minimum absolute atomic E-state index is 0.0486. The molecule has 1 heterocycles. The monoisotopic (exact) mass is 145 g/mol. The van der Waals surface area contributed by atoms with Crippen LogP contribution in [0.2, 0.25) is 0 Å². The van der Waals surface area contributed by atoms with Crippen molar-refractivity contribution in [3.63, 3.8) is 0 Å². The van der Waals surface area contributed by atoms with E-state index in [-0.39, 0.29) is 10.8 Å². The molecule has 0 fully saturated rings. The Morgan fingerprint density at radius 1 is 1.78 bits per heavy atom. The molecule has 9 heavy (non-hydrogen) atoms. The molecule has 1 rings (SSSR count). The molecule has 1 aromatic rings.